The van der Waals surface area contributed by atoms with Crippen LogP contribution in [0.2, 0.25) is 0 Å². The van der Waals surface area contributed by atoms with Crippen molar-refractivity contribution in [2.24, 2.45) is 0 Å². The minimum absolute atomic E-state index is 0.0753. The monoisotopic (exact) mass is 203 g/mol. The zero-order valence-electron chi connectivity index (χ0n) is 7.19. The second-order valence-corrected chi connectivity index (χ2v) is 3.33. The van der Waals surface area contributed by atoms with Gasteiger partial charge in [0, 0.05) is 5.38 Å². The minimum atomic E-state index is -0.465. The van der Waals surface area contributed by atoms with E-state index in [0.717, 1.165) is 0 Å². The van der Waals surface area contributed by atoms with Crippen LogP contribution in [0.15, 0.2) is 5.38 Å². The molecule has 4 N–H and O–H groups in total. The number of aliphatic hydroxyl groups excluding tert-OH is 1. The summed E-state index contributed by atoms with van der Waals surface area (Å²) < 4.78 is 4.49. The van der Waals surface area contributed by atoms with E-state index in [2.05, 4.69) is 15.5 Å². The number of rotatable bonds is 3. The van der Waals surface area contributed by atoms with Crippen LogP contribution in [-0.4, -0.2) is 29.8 Å². The summed E-state index contributed by atoms with van der Waals surface area (Å²) in [5.74, 6) is -0.465. The van der Waals surface area contributed by atoms with Gasteiger partial charge in [0.1, 0.15) is 6.61 Å². The van der Waals surface area contributed by atoms with Gasteiger partial charge in [-0.1, -0.05) is 0 Å². The summed E-state index contributed by atoms with van der Waals surface area (Å²) in [5, 5.41) is 11.0. The highest BCUT2D eigenvalue weighted by molar-refractivity contribution is 7.09. The van der Waals surface area contributed by atoms with Crippen molar-refractivity contribution >= 4 is 17.3 Å². The highest BCUT2D eigenvalue weighted by Crippen LogP contribution is 2.15. The van der Waals surface area contributed by atoms with Crippen LogP contribution in [0, 0.1) is 0 Å². The number of nitrogens with zero attached hydrogens (tertiary/aromatic N) is 1. The molecule has 0 radical (unpaired) electrons. The molecule has 72 valence electrons. The first-order chi connectivity index (χ1) is 6.19. The number of aromatic nitrogens is 1. The van der Waals surface area contributed by atoms with E-state index in [9.17, 15) is 4.79 Å². The Kier molecular flexibility index (Phi) is 3.35. The van der Waals surface area contributed by atoms with Gasteiger partial charge in [0.05, 0.1) is 7.11 Å². The fraction of sp³-hybridized carbons (Fsp3) is 0.429. The molecule has 0 aliphatic carbocycles. The Bertz CT molecular complexity index is 300. The van der Waals surface area contributed by atoms with Gasteiger partial charge in [0.2, 0.25) is 0 Å². The Morgan fingerprint density at radius 2 is 2.62 bits per heavy atom. The molecule has 0 fully saturated rings. The first-order valence-corrected chi connectivity index (χ1v) is 4.54. The van der Waals surface area contributed by atoms with Crippen molar-refractivity contribution in [3.05, 3.63) is 16.1 Å². The van der Waals surface area contributed by atoms with Crippen molar-refractivity contribution in [1.29, 1.82) is 0 Å². The Morgan fingerprint density at radius 1 is 1.92 bits per heavy atom. The van der Waals surface area contributed by atoms with Crippen LogP contribution in [0.5, 0.6) is 0 Å². The predicted octanol–water partition coefficient (Wildman–Crippen LogP) is -0.795. The van der Waals surface area contributed by atoms with Crippen molar-refractivity contribution in [2.45, 2.75) is 6.04 Å². The number of methoxy groups -OCH3 is 1. The van der Waals surface area contributed by atoms with Crippen molar-refractivity contribution < 1.29 is 20.4 Å². The molecule has 1 aromatic heterocycles. The number of esters is 1. The summed E-state index contributed by atoms with van der Waals surface area (Å²) >= 11 is 1.29. The molecule has 1 atom stereocenters. The topological polar surface area (TPSA) is 87.1 Å². The van der Waals surface area contributed by atoms with Gasteiger partial charge in [-0.05, 0) is 0 Å². The molecule has 0 aliphatic heterocycles. The van der Waals surface area contributed by atoms with E-state index in [0.29, 0.717) is 5.01 Å². The number of carbonyl (C=O) groups is 1. The number of thiazole rings is 1. The second-order valence-electron chi connectivity index (χ2n) is 2.44. The van der Waals surface area contributed by atoms with Gasteiger partial charge in [0.15, 0.2) is 16.7 Å². The number of aliphatic hydroxyl groups is 1. The summed E-state index contributed by atoms with van der Waals surface area (Å²) in [6.07, 6.45) is 0. The summed E-state index contributed by atoms with van der Waals surface area (Å²) in [5.41, 5.74) is 3.94. The molecule has 0 amide bonds. The molecule has 0 bridgehead atoms. The second kappa shape index (κ2) is 4.31. The Hall–Kier alpha value is -0.980. The van der Waals surface area contributed by atoms with Gasteiger partial charge in [-0.2, -0.15) is 0 Å². The normalized spacial score (nSPS) is 12.5. The Balaban J connectivity index is 2.80. The molecule has 0 aromatic carbocycles. The van der Waals surface area contributed by atoms with Crippen LogP contribution in [0.4, 0.5) is 0 Å². The maximum absolute atomic E-state index is 11.0. The third-order valence-electron chi connectivity index (χ3n) is 1.49. The fourth-order valence-electron chi connectivity index (χ4n) is 0.752. The van der Waals surface area contributed by atoms with Crippen LogP contribution >= 0.6 is 11.3 Å². The molecule has 5 nitrogen and oxygen atoms in total. The third kappa shape index (κ3) is 2.24. The van der Waals surface area contributed by atoms with Crippen LogP contribution in [0.25, 0.3) is 0 Å². The molecule has 1 rings (SSSR count). The maximum atomic E-state index is 11.0. The molecular weight excluding hydrogens is 192 g/mol. The van der Waals surface area contributed by atoms with Gasteiger partial charge in [-0.3, -0.25) is 0 Å². The summed E-state index contributed by atoms with van der Waals surface area (Å²) in [4.78, 5) is 14.9. The lowest BCUT2D eigenvalue weighted by atomic mass is 10.3. The summed E-state index contributed by atoms with van der Waals surface area (Å²) in [7, 11) is 1.30. The molecule has 13 heavy (non-hydrogen) atoms. The molecule has 0 aliphatic rings. The first-order valence-electron chi connectivity index (χ1n) is 3.66. The minimum Gasteiger partial charge on any atom is -0.464 e. The fourth-order valence-corrected chi connectivity index (χ4v) is 1.55. The van der Waals surface area contributed by atoms with Crippen LogP contribution < -0.4 is 5.73 Å². The quantitative estimate of drug-likeness (QED) is 0.630. The SMILES string of the molecule is COC(=O)c1csc(C([NH3+])CO)n1. The largest absolute Gasteiger partial charge is 0.464 e. The van der Waals surface area contributed by atoms with E-state index in [1.807, 2.05) is 0 Å². The molecule has 0 saturated heterocycles. The van der Waals surface area contributed by atoms with E-state index >= 15 is 0 Å². The smallest absolute Gasteiger partial charge is 0.357 e. The molecule has 1 unspecified atom stereocenters. The van der Waals surface area contributed by atoms with Crippen LogP contribution in [0.1, 0.15) is 21.5 Å². The lowest BCUT2D eigenvalue weighted by Gasteiger charge is -1.97. The van der Waals surface area contributed by atoms with Crippen molar-refractivity contribution in [2.75, 3.05) is 13.7 Å². The molecular formula is C7H11N2O3S+. The summed E-state index contributed by atoms with van der Waals surface area (Å²) in [6.45, 7) is -0.0753. The Morgan fingerprint density at radius 3 is 3.15 bits per heavy atom. The molecule has 1 aromatic rings. The van der Waals surface area contributed by atoms with Crippen molar-refractivity contribution in [3.63, 3.8) is 0 Å². The van der Waals surface area contributed by atoms with Gasteiger partial charge in [-0.25, -0.2) is 9.78 Å². The van der Waals surface area contributed by atoms with E-state index in [4.69, 9.17) is 5.11 Å². The molecule has 6 heteroatoms. The predicted molar refractivity (Wildman–Crippen MR) is 46.2 cm³/mol. The summed E-state index contributed by atoms with van der Waals surface area (Å²) in [6, 6.07) is -0.275. The average Bonchev–Trinajstić information content (AvgIpc) is 2.64. The highest BCUT2D eigenvalue weighted by Gasteiger charge is 2.16. The Labute approximate surface area is 79.2 Å². The van der Waals surface area contributed by atoms with Gasteiger partial charge >= 0.3 is 5.97 Å². The van der Waals surface area contributed by atoms with Gasteiger partial charge in [0.25, 0.3) is 0 Å². The number of quaternary nitrogens is 1. The lowest BCUT2D eigenvalue weighted by molar-refractivity contribution is -0.432. The zero-order chi connectivity index (χ0) is 9.84. The van der Waals surface area contributed by atoms with Crippen molar-refractivity contribution in [3.8, 4) is 0 Å². The highest BCUT2D eigenvalue weighted by atomic mass is 32.1. The van der Waals surface area contributed by atoms with Crippen LogP contribution in [-0.2, 0) is 4.74 Å². The van der Waals surface area contributed by atoms with Gasteiger partial charge in [-0.15, -0.1) is 11.3 Å². The first kappa shape index (κ1) is 10.1. The van der Waals surface area contributed by atoms with Crippen LogP contribution in [0.3, 0.4) is 0 Å². The van der Waals surface area contributed by atoms with E-state index in [-0.39, 0.29) is 18.3 Å². The maximum Gasteiger partial charge on any atom is 0.357 e. The molecule has 0 spiro atoms. The number of carbonyl (C=O) groups excluding carboxylic acids is 1. The zero-order valence-corrected chi connectivity index (χ0v) is 8.00. The van der Waals surface area contributed by atoms with Gasteiger partial charge < -0.3 is 15.6 Å². The van der Waals surface area contributed by atoms with E-state index in [1.54, 1.807) is 5.38 Å². The number of hydrogen-bond donors (Lipinski definition) is 2. The van der Waals surface area contributed by atoms with E-state index in [1.165, 1.54) is 18.4 Å². The average molecular weight is 203 g/mol. The van der Waals surface area contributed by atoms with E-state index < -0.39 is 5.97 Å². The molecule has 1 heterocycles. The number of hydrogen-bond acceptors (Lipinski definition) is 5. The lowest BCUT2D eigenvalue weighted by Crippen LogP contribution is -2.55. The number of ether oxygens (including phenoxy) is 1. The molecule has 0 saturated carbocycles. The standard InChI is InChI=1S/C7H10N2O3S/c1-12-7(11)5-3-13-6(9-5)4(8)2-10/h3-4,10H,2,8H2,1H3/p+1. The van der Waals surface area contributed by atoms with Crippen molar-refractivity contribution in [1.82, 2.24) is 4.98 Å². The third-order valence-corrected chi connectivity index (χ3v) is 2.49.